The predicted molar refractivity (Wildman–Crippen MR) is 149 cm³/mol. The Morgan fingerprint density at radius 3 is 2.83 bits per heavy atom. The molecule has 0 saturated carbocycles. The number of anilines is 2. The molecule has 1 saturated heterocycles. The molecule has 40 heavy (non-hydrogen) atoms. The molecule has 0 unspecified atom stereocenters. The van der Waals surface area contributed by atoms with Gasteiger partial charge in [0.2, 0.25) is 6.79 Å². The van der Waals surface area contributed by atoms with E-state index in [0.717, 1.165) is 16.5 Å². The largest absolute Gasteiger partial charge is 0.465 e. The highest BCUT2D eigenvalue weighted by Gasteiger charge is 2.31. The summed E-state index contributed by atoms with van der Waals surface area (Å²) in [7, 11) is 0. The predicted octanol–water partition coefficient (Wildman–Crippen LogP) is 4.59. The second-order valence-corrected chi connectivity index (χ2v) is 10.7. The number of likely N-dealkylation sites (tertiary alicyclic amines) is 1. The van der Waals surface area contributed by atoms with E-state index in [-0.39, 0.29) is 31.1 Å². The molecule has 13 heteroatoms. The van der Waals surface area contributed by atoms with E-state index in [9.17, 15) is 14.7 Å². The van der Waals surface area contributed by atoms with Gasteiger partial charge in [-0.25, -0.2) is 19.4 Å². The highest BCUT2D eigenvalue weighted by Crippen LogP contribution is 2.48. The molecule has 7 rings (SSSR count). The van der Waals surface area contributed by atoms with Crippen LogP contribution in [0.5, 0.6) is 11.5 Å². The van der Waals surface area contributed by atoms with Gasteiger partial charge in [0.05, 0.1) is 22.0 Å². The van der Waals surface area contributed by atoms with Crippen molar-refractivity contribution in [2.75, 3.05) is 30.9 Å². The first-order valence-electron chi connectivity index (χ1n) is 12.7. The molecule has 1 atom stereocenters. The molecular weight excluding hydrogens is 534 g/mol. The Morgan fingerprint density at radius 2 is 1.98 bits per heavy atom. The number of hydrogen-bond acceptors (Lipinski definition) is 9. The average Bonchev–Trinajstić information content (AvgIpc) is 3.71. The molecule has 0 bridgehead atoms. The fourth-order valence-corrected chi connectivity index (χ4v) is 6.28. The lowest BCUT2D eigenvalue weighted by molar-refractivity contribution is 0.102. The van der Waals surface area contributed by atoms with Crippen LogP contribution in [0.1, 0.15) is 28.6 Å². The van der Waals surface area contributed by atoms with Crippen LogP contribution >= 0.6 is 11.3 Å². The molecule has 3 aromatic heterocycles. The number of aromatic nitrogens is 4. The maximum atomic E-state index is 13.1. The third-order valence-electron chi connectivity index (χ3n) is 7.20. The van der Waals surface area contributed by atoms with E-state index < -0.39 is 6.09 Å². The van der Waals surface area contributed by atoms with Gasteiger partial charge in [0.25, 0.3) is 5.91 Å². The number of nitrogens with zero attached hydrogens (tertiary/aromatic N) is 5. The number of amides is 2. The number of benzene rings is 2. The normalized spacial score (nSPS) is 16.5. The summed E-state index contributed by atoms with van der Waals surface area (Å²) in [5, 5.41) is 18.9. The number of carbonyl (C=O) groups is 2. The number of rotatable bonds is 4. The number of piperidine rings is 1. The van der Waals surface area contributed by atoms with Crippen LogP contribution in [-0.4, -0.2) is 61.6 Å². The average molecular weight is 558 g/mol. The Kier molecular flexibility index (Phi) is 5.66. The van der Waals surface area contributed by atoms with Gasteiger partial charge < -0.3 is 30.5 Å². The Hall–Kier alpha value is -4.91. The van der Waals surface area contributed by atoms with Crippen molar-refractivity contribution in [2.24, 2.45) is 0 Å². The SMILES string of the molecule is Nc1ncnc2c1c(-c1ccc(NC(=O)c3cc4ccccc4s3)c3c1OCO3)nn2[C@@H]1CCCN(C(=O)O)C1. The van der Waals surface area contributed by atoms with Gasteiger partial charge >= 0.3 is 6.09 Å². The Morgan fingerprint density at radius 1 is 1.12 bits per heavy atom. The van der Waals surface area contributed by atoms with Gasteiger partial charge in [-0.15, -0.1) is 11.3 Å². The van der Waals surface area contributed by atoms with Gasteiger partial charge in [0.1, 0.15) is 17.8 Å². The van der Waals surface area contributed by atoms with Gasteiger partial charge in [-0.05, 0) is 42.5 Å². The van der Waals surface area contributed by atoms with E-state index in [2.05, 4.69) is 15.3 Å². The number of carboxylic acid groups (broad SMARTS) is 1. The van der Waals surface area contributed by atoms with Crippen molar-refractivity contribution in [3.63, 3.8) is 0 Å². The molecule has 12 nitrogen and oxygen atoms in total. The molecule has 202 valence electrons. The van der Waals surface area contributed by atoms with Crippen molar-refractivity contribution in [3.05, 3.63) is 53.7 Å². The van der Waals surface area contributed by atoms with E-state index >= 15 is 0 Å². The number of carbonyl (C=O) groups excluding carboxylic acids is 1. The molecule has 2 amide bonds. The molecule has 0 radical (unpaired) electrons. The zero-order chi connectivity index (χ0) is 27.4. The number of ether oxygens (including phenoxy) is 2. The van der Waals surface area contributed by atoms with E-state index in [4.69, 9.17) is 20.3 Å². The second-order valence-electron chi connectivity index (χ2n) is 9.60. The van der Waals surface area contributed by atoms with E-state index in [1.54, 1.807) is 16.8 Å². The molecule has 2 aliphatic rings. The topological polar surface area (TPSA) is 158 Å². The van der Waals surface area contributed by atoms with Gasteiger partial charge in [0.15, 0.2) is 17.1 Å². The van der Waals surface area contributed by atoms with Crippen molar-refractivity contribution in [1.82, 2.24) is 24.6 Å². The fraction of sp³-hybridized carbons (Fsp3) is 0.222. The molecule has 2 aromatic carbocycles. The van der Waals surface area contributed by atoms with E-state index in [1.165, 1.54) is 22.6 Å². The third kappa shape index (κ3) is 3.93. The standard InChI is InChI=1S/C27H23N7O5S/c28-24-20-21(32-34(25(20)30-12-29-24)15-5-3-9-33(11-15)27(36)37)16-7-8-17(23-22(16)38-13-39-23)31-26(35)19-10-14-4-1-2-6-18(14)40-19/h1-2,4,6-8,10,12,15H,3,5,9,11,13H2,(H,31,35)(H,36,37)(H2,28,29,30)/t15-/m1/s1. The fourth-order valence-electron chi connectivity index (χ4n) is 5.33. The summed E-state index contributed by atoms with van der Waals surface area (Å²) in [5.41, 5.74) is 8.38. The molecule has 5 aromatic rings. The van der Waals surface area contributed by atoms with Crippen LogP contribution in [0.15, 0.2) is 48.8 Å². The number of nitrogens with two attached hydrogens (primary N) is 1. The van der Waals surface area contributed by atoms with E-state index in [1.807, 2.05) is 30.3 Å². The van der Waals surface area contributed by atoms with Gasteiger partial charge in [-0.3, -0.25) is 4.79 Å². The molecular formula is C27H23N7O5S. The zero-order valence-electron chi connectivity index (χ0n) is 21.0. The number of fused-ring (bicyclic) bond motifs is 3. The lowest BCUT2D eigenvalue weighted by atomic mass is 10.1. The Balaban J connectivity index is 1.27. The maximum Gasteiger partial charge on any atom is 0.407 e. The summed E-state index contributed by atoms with van der Waals surface area (Å²) in [5.74, 6) is 0.797. The van der Waals surface area contributed by atoms with Crippen molar-refractivity contribution < 1.29 is 24.2 Å². The first-order valence-corrected chi connectivity index (χ1v) is 13.5. The van der Waals surface area contributed by atoms with Crippen LogP contribution in [0.25, 0.3) is 32.4 Å². The summed E-state index contributed by atoms with van der Waals surface area (Å²) < 4.78 is 14.4. The summed E-state index contributed by atoms with van der Waals surface area (Å²) in [4.78, 5) is 35.3. The monoisotopic (exact) mass is 557 g/mol. The summed E-state index contributed by atoms with van der Waals surface area (Å²) in [6.45, 7) is 0.733. The number of hydrogen-bond donors (Lipinski definition) is 3. The molecule has 1 fully saturated rings. The van der Waals surface area contributed by atoms with Gasteiger partial charge in [-0.1, -0.05) is 18.2 Å². The van der Waals surface area contributed by atoms with Crippen LogP contribution in [-0.2, 0) is 0 Å². The van der Waals surface area contributed by atoms with Crippen molar-refractivity contribution in [2.45, 2.75) is 18.9 Å². The number of nitrogen functional groups attached to an aromatic ring is 1. The lowest BCUT2D eigenvalue weighted by Gasteiger charge is -2.30. The molecule has 2 aliphatic heterocycles. The van der Waals surface area contributed by atoms with Crippen molar-refractivity contribution in [1.29, 1.82) is 0 Å². The number of nitrogens with one attached hydrogen (secondary N) is 1. The lowest BCUT2D eigenvalue weighted by Crippen LogP contribution is -2.40. The molecule has 0 spiro atoms. The smallest absolute Gasteiger partial charge is 0.407 e. The highest BCUT2D eigenvalue weighted by atomic mass is 32.1. The minimum absolute atomic E-state index is 0.0288. The third-order valence-corrected chi connectivity index (χ3v) is 8.32. The van der Waals surface area contributed by atoms with Crippen LogP contribution < -0.4 is 20.5 Å². The first kappa shape index (κ1) is 24.2. The molecule has 0 aliphatic carbocycles. The van der Waals surface area contributed by atoms with Crippen LogP contribution in [0.2, 0.25) is 0 Å². The van der Waals surface area contributed by atoms with Crippen molar-refractivity contribution >= 4 is 56.0 Å². The number of thiophene rings is 1. The quantitative estimate of drug-likeness (QED) is 0.287. The summed E-state index contributed by atoms with van der Waals surface area (Å²) >= 11 is 1.41. The maximum absolute atomic E-state index is 13.1. The summed E-state index contributed by atoms with van der Waals surface area (Å²) in [6.07, 6.45) is 1.85. The Bertz CT molecular complexity index is 1780. The summed E-state index contributed by atoms with van der Waals surface area (Å²) in [6, 6.07) is 13.0. The van der Waals surface area contributed by atoms with Crippen LogP contribution in [0.4, 0.5) is 16.3 Å². The van der Waals surface area contributed by atoms with Gasteiger partial charge in [-0.2, -0.15) is 5.10 Å². The van der Waals surface area contributed by atoms with Crippen LogP contribution in [0.3, 0.4) is 0 Å². The van der Waals surface area contributed by atoms with Crippen molar-refractivity contribution in [3.8, 4) is 22.8 Å². The molecule has 4 N–H and O–H groups in total. The minimum Gasteiger partial charge on any atom is -0.465 e. The zero-order valence-corrected chi connectivity index (χ0v) is 21.9. The molecule has 5 heterocycles. The van der Waals surface area contributed by atoms with E-state index in [0.29, 0.717) is 57.3 Å². The Labute approximate surface area is 230 Å². The first-order chi connectivity index (χ1) is 19.5. The van der Waals surface area contributed by atoms with Gasteiger partial charge in [0, 0.05) is 23.4 Å². The highest BCUT2D eigenvalue weighted by molar-refractivity contribution is 7.20. The second kappa shape index (κ2) is 9.38. The minimum atomic E-state index is -0.966. The van der Waals surface area contributed by atoms with Crippen LogP contribution in [0, 0.1) is 0 Å².